The van der Waals surface area contributed by atoms with Crippen LogP contribution in [-0.2, 0) is 13.2 Å². The Morgan fingerprint density at radius 3 is 2.59 bits per heavy atom. The van der Waals surface area contributed by atoms with Crippen LogP contribution in [0.4, 0.5) is 29.3 Å². The van der Waals surface area contributed by atoms with Crippen molar-refractivity contribution in [3.63, 3.8) is 0 Å². The third-order valence-corrected chi connectivity index (χ3v) is 6.40. The molecule has 0 bridgehead atoms. The molecule has 34 heavy (non-hydrogen) atoms. The van der Waals surface area contributed by atoms with E-state index >= 15 is 0 Å². The van der Waals surface area contributed by atoms with Crippen LogP contribution in [-0.4, -0.2) is 50.6 Å². The van der Waals surface area contributed by atoms with Gasteiger partial charge in [-0.05, 0) is 31.7 Å². The number of hydrogen-bond donors (Lipinski definition) is 3. The number of hydrogen-bond acceptors (Lipinski definition) is 5. The Morgan fingerprint density at radius 2 is 1.94 bits per heavy atom. The van der Waals surface area contributed by atoms with Crippen LogP contribution in [0.5, 0.6) is 0 Å². The van der Waals surface area contributed by atoms with Crippen LogP contribution in [0.25, 0.3) is 11.2 Å². The molecule has 3 aromatic rings. The van der Waals surface area contributed by atoms with E-state index in [1.165, 1.54) is 11.9 Å². The van der Waals surface area contributed by atoms with Crippen molar-refractivity contribution >= 4 is 28.6 Å². The Labute approximate surface area is 193 Å². The third-order valence-electron chi connectivity index (χ3n) is 6.40. The number of aromatic amines is 1. The van der Waals surface area contributed by atoms with Gasteiger partial charge in [-0.1, -0.05) is 0 Å². The number of alkyl halides is 3. The molecule has 1 saturated carbocycles. The highest BCUT2D eigenvalue weighted by Crippen LogP contribution is 2.35. The highest BCUT2D eigenvalue weighted by atomic mass is 19.4. The summed E-state index contributed by atoms with van der Waals surface area (Å²) < 4.78 is 40.1. The van der Waals surface area contributed by atoms with E-state index in [9.17, 15) is 22.8 Å². The van der Waals surface area contributed by atoms with Gasteiger partial charge in [0.1, 0.15) is 11.2 Å². The minimum Gasteiger partial charge on any atom is -0.385 e. The van der Waals surface area contributed by atoms with E-state index in [0.717, 1.165) is 34.3 Å². The van der Waals surface area contributed by atoms with Crippen molar-refractivity contribution in [1.82, 2.24) is 24.4 Å². The van der Waals surface area contributed by atoms with Gasteiger partial charge in [0.15, 0.2) is 5.65 Å². The van der Waals surface area contributed by atoms with Gasteiger partial charge in [0.05, 0.1) is 23.1 Å². The lowest BCUT2D eigenvalue weighted by Gasteiger charge is -2.34. The molecule has 0 aromatic carbocycles. The van der Waals surface area contributed by atoms with Crippen molar-refractivity contribution < 1.29 is 18.0 Å². The Kier molecular flexibility index (Phi) is 6.24. The molecule has 9 nitrogen and oxygen atoms in total. The lowest BCUT2D eigenvalue weighted by Crippen LogP contribution is -2.42. The van der Waals surface area contributed by atoms with E-state index in [-0.39, 0.29) is 12.0 Å². The molecule has 0 radical (unpaired) electrons. The number of amides is 2. The van der Waals surface area contributed by atoms with Crippen molar-refractivity contribution in [2.75, 3.05) is 24.7 Å². The lowest BCUT2D eigenvalue weighted by atomic mass is 9.83. The van der Waals surface area contributed by atoms with E-state index in [2.05, 4.69) is 20.6 Å². The SMILES string of the molecule is CNc1c[nH]c2ncc([C@H]3CC[C@@H](N(C)C(=O)Nc4cc(C(F)(F)F)cn(C)c4=O)CC3)nc12. The largest absolute Gasteiger partial charge is 0.417 e. The first-order chi connectivity index (χ1) is 16.1. The Morgan fingerprint density at radius 1 is 1.24 bits per heavy atom. The molecular weight excluding hydrogens is 451 g/mol. The second-order valence-electron chi connectivity index (χ2n) is 8.55. The summed E-state index contributed by atoms with van der Waals surface area (Å²) in [6, 6.07) is -0.0602. The van der Waals surface area contributed by atoms with Gasteiger partial charge in [0.2, 0.25) is 0 Å². The molecule has 3 N–H and O–H groups in total. The summed E-state index contributed by atoms with van der Waals surface area (Å²) in [6.07, 6.45) is 2.62. The minimum absolute atomic E-state index is 0.109. The van der Waals surface area contributed by atoms with Crippen LogP contribution in [0.3, 0.4) is 0 Å². The standard InChI is InChI=1S/C22H26F3N7O2/c1-26-17-10-28-19-18(17)29-16(9-27-19)12-4-6-14(7-5-12)32(3)21(34)30-15-8-13(22(23,24)25)11-31(2)20(15)33/h8-12,14,26H,4-7H2,1-3H3,(H,27,28)(H,30,34)/t12-,14+. The number of fused-ring (bicyclic) bond motifs is 1. The molecule has 0 saturated heterocycles. The summed E-state index contributed by atoms with van der Waals surface area (Å²) in [4.78, 5) is 38.7. The Bertz CT molecular complexity index is 1260. The summed E-state index contributed by atoms with van der Waals surface area (Å²) >= 11 is 0. The molecule has 0 spiro atoms. The number of aromatic nitrogens is 4. The summed E-state index contributed by atoms with van der Waals surface area (Å²) in [5.41, 5.74) is 1.13. The fourth-order valence-corrected chi connectivity index (χ4v) is 4.38. The van der Waals surface area contributed by atoms with E-state index in [1.54, 1.807) is 13.2 Å². The van der Waals surface area contributed by atoms with Crippen LogP contribution >= 0.6 is 0 Å². The van der Waals surface area contributed by atoms with E-state index in [1.807, 2.05) is 13.2 Å². The summed E-state index contributed by atoms with van der Waals surface area (Å²) in [6.45, 7) is 0. The van der Waals surface area contributed by atoms with Crippen molar-refractivity contribution in [1.29, 1.82) is 0 Å². The minimum atomic E-state index is -4.63. The van der Waals surface area contributed by atoms with Gasteiger partial charge >= 0.3 is 12.2 Å². The fraction of sp³-hybridized carbons (Fsp3) is 0.455. The number of anilines is 2. The molecule has 3 heterocycles. The number of carbonyl (C=O) groups excluding carboxylic acids is 1. The topological polar surface area (TPSA) is 108 Å². The molecule has 1 aliphatic rings. The maximum atomic E-state index is 13.1. The molecule has 12 heteroatoms. The van der Waals surface area contributed by atoms with Crippen molar-refractivity contribution in [3.8, 4) is 0 Å². The van der Waals surface area contributed by atoms with Crippen molar-refractivity contribution in [2.45, 2.75) is 43.8 Å². The second kappa shape index (κ2) is 8.99. The Balaban J connectivity index is 1.42. The third kappa shape index (κ3) is 4.57. The fourth-order valence-electron chi connectivity index (χ4n) is 4.38. The highest BCUT2D eigenvalue weighted by Gasteiger charge is 2.33. The maximum Gasteiger partial charge on any atom is 0.417 e. The number of pyridine rings is 1. The van der Waals surface area contributed by atoms with Crippen LogP contribution in [0, 0.1) is 0 Å². The van der Waals surface area contributed by atoms with E-state index in [0.29, 0.717) is 30.8 Å². The molecular formula is C22H26F3N7O2. The number of urea groups is 1. The number of nitrogens with zero attached hydrogens (tertiary/aromatic N) is 4. The predicted molar refractivity (Wildman–Crippen MR) is 122 cm³/mol. The zero-order chi connectivity index (χ0) is 24.6. The molecule has 4 rings (SSSR count). The lowest BCUT2D eigenvalue weighted by molar-refractivity contribution is -0.138. The maximum absolute atomic E-state index is 13.1. The summed E-state index contributed by atoms with van der Waals surface area (Å²) in [5, 5.41) is 5.44. The van der Waals surface area contributed by atoms with Crippen LogP contribution < -0.4 is 16.2 Å². The number of H-pyrrole nitrogens is 1. The monoisotopic (exact) mass is 477 g/mol. The second-order valence-corrected chi connectivity index (χ2v) is 8.55. The van der Waals surface area contributed by atoms with Crippen LogP contribution in [0.1, 0.15) is 42.9 Å². The Hall–Kier alpha value is -3.57. The number of aryl methyl sites for hydroxylation is 1. The van der Waals surface area contributed by atoms with Gasteiger partial charge in [-0.15, -0.1) is 0 Å². The first kappa shape index (κ1) is 23.6. The molecule has 3 aromatic heterocycles. The predicted octanol–water partition coefficient (Wildman–Crippen LogP) is 3.91. The molecule has 2 amide bonds. The normalized spacial score (nSPS) is 18.6. The zero-order valence-corrected chi connectivity index (χ0v) is 19.0. The molecule has 0 atom stereocenters. The van der Waals surface area contributed by atoms with Gasteiger partial charge in [0.25, 0.3) is 5.56 Å². The molecule has 1 fully saturated rings. The smallest absolute Gasteiger partial charge is 0.385 e. The number of nitrogens with one attached hydrogen (secondary N) is 3. The molecule has 182 valence electrons. The van der Waals surface area contributed by atoms with Crippen LogP contribution in [0.2, 0.25) is 0 Å². The summed E-state index contributed by atoms with van der Waals surface area (Å²) in [5.74, 6) is 0.194. The zero-order valence-electron chi connectivity index (χ0n) is 19.0. The van der Waals surface area contributed by atoms with E-state index in [4.69, 9.17) is 4.98 Å². The van der Waals surface area contributed by atoms with Gasteiger partial charge in [-0.2, -0.15) is 13.2 Å². The van der Waals surface area contributed by atoms with Gasteiger partial charge in [-0.3, -0.25) is 4.79 Å². The average Bonchev–Trinajstić information content (AvgIpc) is 3.23. The molecule has 1 aliphatic carbocycles. The van der Waals surface area contributed by atoms with Crippen molar-refractivity contribution in [2.24, 2.45) is 7.05 Å². The average molecular weight is 477 g/mol. The van der Waals surface area contributed by atoms with E-state index < -0.39 is 29.0 Å². The first-order valence-corrected chi connectivity index (χ1v) is 10.9. The molecule has 0 unspecified atom stereocenters. The van der Waals surface area contributed by atoms with Crippen LogP contribution in [0.15, 0.2) is 29.5 Å². The number of halogens is 3. The molecule has 0 aliphatic heterocycles. The van der Waals surface area contributed by atoms with Gasteiger partial charge in [0, 0.05) is 45.5 Å². The number of carbonyl (C=O) groups is 1. The van der Waals surface area contributed by atoms with Gasteiger partial charge in [-0.25, -0.2) is 14.8 Å². The number of rotatable bonds is 4. The quantitative estimate of drug-likeness (QED) is 0.528. The summed E-state index contributed by atoms with van der Waals surface area (Å²) in [7, 11) is 4.62. The van der Waals surface area contributed by atoms with Gasteiger partial charge < -0.3 is 25.1 Å². The van der Waals surface area contributed by atoms with Crippen molar-refractivity contribution in [3.05, 3.63) is 46.3 Å². The first-order valence-electron chi connectivity index (χ1n) is 10.9. The highest BCUT2D eigenvalue weighted by molar-refractivity contribution is 5.89.